The fraction of sp³-hybridized carbons (Fsp3) is 0.421. The van der Waals surface area contributed by atoms with Crippen LogP contribution in [-0.4, -0.2) is 22.6 Å². The van der Waals surface area contributed by atoms with Crippen LogP contribution in [0.2, 0.25) is 0 Å². The van der Waals surface area contributed by atoms with E-state index in [0.29, 0.717) is 23.3 Å². The zero-order valence-electron chi connectivity index (χ0n) is 14.8. The Kier molecular flexibility index (Phi) is 6.29. The summed E-state index contributed by atoms with van der Waals surface area (Å²) in [6.07, 6.45) is 1.07. The number of aromatic nitrogens is 2. The first-order valence-corrected chi connectivity index (χ1v) is 8.45. The number of nitrogens with one attached hydrogen (secondary N) is 2. The standard InChI is InChI=1S/C19H26N4O/c1-13(2)11-12-20-18-10-9-17(22-23-18)19(24)21-16-8-6-5-7-15(16)14(3)4/h5-10,13-14H,11-12H2,1-4H3,(H,20,23)(H,21,24). The van der Waals surface area contributed by atoms with E-state index >= 15 is 0 Å². The highest BCUT2D eigenvalue weighted by molar-refractivity contribution is 6.03. The molecule has 1 aromatic carbocycles. The first-order valence-electron chi connectivity index (χ1n) is 8.45. The van der Waals surface area contributed by atoms with E-state index in [0.717, 1.165) is 24.2 Å². The van der Waals surface area contributed by atoms with Gasteiger partial charge in [-0.05, 0) is 42.0 Å². The molecule has 0 aliphatic carbocycles. The molecule has 0 bridgehead atoms. The highest BCUT2D eigenvalue weighted by Gasteiger charge is 2.12. The molecule has 0 radical (unpaired) electrons. The van der Waals surface area contributed by atoms with Crippen LogP contribution in [-0.2, 0) is 0 Å². The molecule has 0 saturated heterocycles. The van der Waals surface area contributed by atoms with Gasteiger partial charge in [-0.3, -0.25) is 4.79 Å². The molecule has 1 aromatic heterocycles. The summed E-state index contributed by atoms with van der Waals surface area (Å²) in [5.74, 6) is 1.41. The zero-order valence-corrected chi connectivity index (χ0v) is 14.8. The highest BCUT2D eigenvalue weighted by atomic mass is 16.1. The van der Waals surface area contributed by atoms with Gasteiger partial charge in [-0.15, -0.1) is 10.2 Å². The molecule has 2 rings (SSSR count). The minimum absolute atomic E-state index is 0.246. The number of hydrogen-bond donors (Lipinski definition) is 2. The largest absolute Gasteiger partial charge is 0.369 e. The Morgan fingerprint density at radius 1 is 1.04 bits per heavy atom. The quantitative estimate of drug-likeness (QED) is 0.795. The van der Waals surface area contributed by atoms with Gasteiger partial charge in [0.15, 0.2) is 5.69 Å². The second-order valence-corrected chi connectivity index (χ2v) is 6.61. The Hall–Kier alpha value is -2.43. The van der Waals surface area contributed by atoms with Crippen LogP contribution in [0.3, 0.4) is 0 Å². The lowest BCUT2D eigenvalue weighted by atomic mass is 10.0. The summed E-state index contributed by atoms with van der Waals surface area (Å²) >= 11 is 0. The van der Waals surface area contributed by atoms with Crippen LogP contribution >= 0.6 is 0 Å². The normalized spacial score (nSPS) is 10.9. The molecule has 2 aromatic rings. The molecule has 0 saturated carbocycles. The molecular weight excluding hydrogens is 300 g/mol. The summed E-state index contributed by atoms with van der Waals surface area (Å²) in [4.78, 5) is 12.4. The van der Waals surface area contributed by atoms with Gasteiger partial charge in [0.2, 0.25) is 0 Å². The third-order valence-electron chi connectivity index (χ3n) is 3.76. The van der Waals surface area contributed by atoms with E-state index in [-0.39, 0.29) is 5.91 Å². The van der Waals surface area contributed by atoms with Gasteiger partial charge in [-0.2, -0.15) is 0 Å². The van der Waals surface area contributed by atoms with Gasteiger partial charge < -0.3 is 10.6 Å². The number of carbonyl (C=O) groups excluding carboxylic acids is 1. The number of hydrogen-bond acceptors (Lipinski definition) is 4. The molecule has 0 fully saturated rings. The van der Waals surface area contributed by atoms with Gasteiger partial charge in [-0.25, -0.2) is 0 Å². The van der Waals surface area contributed by atoms with Crippen molar-refractivity contribution in [3.8, 4) is 0 Å². The minimum Gasteiger partial charge on any atom is -0.369 e. The molecule has 0 atom stereocenters. The Morgan fingerprint density at radius 3 is 2.42 bits per heavy atom. The van der Waals surface area contributed by atoms with Crippen molar-refractivity contribution in [2.75, 3.05) is 17.2 Å². The average Bonchev–Trinajstić information content (AvgIpc) is 2.55. The molecule has 1 heterocycles. The maximum absolute atomic E-state index is 12.4. The zero-order chi connectivity index (χ0) is 17.5. The van der Waals surface area contributed by atoms with E-state index < -0.39 is 0 Å². The number of nitrogens with zero attached hydrogens (tertiary/aromatic N) is 2. The molecular formula is C19H26N4O. The molecule has 0 unspecified atom stereocenters. The van der Waals surface area contributed by atoms with E-state index in [4.69, 9.17) is 0 Å². The molecule has 2 N–H and O–H groups in total. The molecule has 1 amide bonds. The van der Waals surface area contributed by atoms with Crippen molar-refractivity contribution in [1.82, 2.24) is 10.2 Å². The second kappa shape index (κ2) is 8.43. The Balaban J connectivity index is 2.00. The van der Waals surface area contributed by atoms with Gasteiger partial charge in [0.1, 0.15) is 5.82 Å². The van der Waals surface area contributed by atoms with Crippen LogP contribution in [0.25, 0.3) is 0 Å². The van der Waals surface area contributed by atoms with E-state index in [1.54, 1.807) is 12.1 Å². The summed E-state index contributed by atoms with van der Waals surface area (Å²) in [5, 5.41) is 14.2. The molecule has 5 heteroatoms. The highest BCUT2D eigenvalue weighted by Crippen LogP contribution is 2.24. The van der Waals surface area contributed by atoms with Crippen molar-refractivity contribution in [1.29, 1.82) is 0 Å². The Morgan fingerprint density at radius 2 is 1.79 bits per heavy atom. The first kappa shape index (κ1) is 17.9. The van der Waals surface area contributed by atoms with Crippen LogP contribution in [0.4, 0.5) is 11.5 Å². The monoisotopic (exact) mass is 326 g/mol. The Labute approximate surface area is 143 Å². The third-order valence-corrected chi connectivity index (χ3v) is 3.76. The summed E-state index contributed by atoms with van der Waals surface area (Å²) in [5.41, 5.74) is 2.23. The van der Waals surface area contributed by atoms with E-state index in [2.05, 4.69) is 48.5 Å². The fourth-order valence-corrected chi connectivity index (χ4v) is 2.34. The van der Waals surface area contributed by atoms with Crippen molar-refractivity contribution < 1.29 is 4.79 Å². The van der Waals surface area contributed by atoms with Crippen molar-refractivity contribution in [2.45, 2.75) is 40.0 Å². The van der Waals surface area contributed by atoms with Crippen LogP contribution in [0, 0.1) is 5.92 Å². The van der Waals surface area contributed by atoms with Crippen LogP contribution in [0.5, 0.6) is 0 Å². The topological polar surface area (TPSA) is 66.9 Å². The number of amides is 1. The van der Waals surface area contributed by atoms with Crippen LogP contribution in [0.15, 0.2) is 36.4 Å². The lowest BCUT2D eigenvalue weighted by Gasteiger charge is -2.13. The second-order valence-electron chi connectivity index (χ2n) is 6.61. The van der Waals surface area contributed by atoms with Crippen molar-refractivity contribution in [3.05, 3.63) is 47.7 Å². The van der Waals surface area contributed by atoms with Crippen LogP contribution in [0.1, 0.15) is 56.1 Å². The van der Waals surface area contributed by atoms with E-state index in [9.17, 15) is 4.79 Å². The smallest absolute Gasteiger partial charge is 0.276 e. The van der Waals surface area contributed by atoms with E-state index in [1.165, 1.54) is 0 Å². The predicted octanol–water partition coefficient (Wildman–Crippen LogP) is 4.31. The van der Waals surface area contributed by atoms with Gasteiger partial charge >= 0.3 is 0 Å². The van der Waals surface area contributed by atoms with Crippen LogP contribution < -0.4 is 10.6 Å². The molecule has 5 nitrogen and oxygen atoms in total. The van der Waals surface area contributed by atoms with E-state index in [1.807, 2.05) is 24.3 Å². The first-order chi connectivity index (χ1) is 11.5. The number of benzene rings is 1. The maximum atomic E-state index is 12.4. The fourth-order valence-electron chi connectivity index (χ4n) is 2.34. The number of para-hydroxylation sites is 1. The lowest BCUT2D eigenvalue weighted by Crippen LogP contribution is -2.16. The lowest BCUT2D eigenvalue weighted by molar-refractivity contribution is 0.102. The predicted molar refractivity (Wildman–Crippen MR) is 98.5 cm³/mol. The number of carbonyl (C=O) groups is 1. The van der Waals surface area contributed by atoms with Crippen molar-refractivity contribution >= 4 is 17.4 Å². The summed E-state index contributed by atoms with van der Waals surface area (Å²) < 4.78 is 0. The number of rotatable bonds is 7. The van der Waals surface area contributed by atoms with Gasteiger partial charge in [-0.1, -0.05) is 45.9 Å². The van der Waals surface area contributed by atoms with Gasteiger partial charge in [0.05, 0.1) is 0 Å². The summed E-state index contributed by atoms with van der Waals surface area (Å²) in [6.45, 7) is 9.40. The minimum atomic E-state index is -0.246. The molecule has 0 aliphatic heterocycles. The summed E-state index contributed by atoms with van der Waals surface area (Å²) in [7, 11) is 0. The van der Waals surface area contributed by atoms with Gasteiger partial charge in [0.25, 0.3) is 5.91 Å². The van der Waals surface area contributed by atoms with Crippen molar-refractivity contribution in [2.24, 2.45) is 5.92 Å². The maximum Gasteiger partial charge on any atom is 0.276 e. The molecule has 128 valence electrons. The van der Waals surface area contributed by atoms with Crippen molar-refractivity contribution in [3.63, 3.8) is 0 Å². The van der Waals surface area contributed by atoms with Gasteiger partial charge in [0, 0.05) is 12.2 Å². The SMILES string of the molecule is CC(C)CCNc1ccc(C(=O)Nc2ccccc2C(C)C)nn1. The molecule has 24 heavy (non-hydrogen) atoms. The molecule has 0 aliphatic rings. The third kappa shape index (κ3) is 5.05. The summed E-state index contributed by atoms with van der Waals surface area (Å²) in [6, 6.07) is 11.3. The number of anilines is 2. The Bertz CT molecular complexity index is 665. The molecule has 0 spiro atoms. The average molecular weight is 326 g/mol.